The molecule has 1 aromatic rings. The molecule has 2 aliphatic carbocycles. The Balaban J connectivity index is 1.69. The fourth-order valence-corrected chi connectivity index (χ4v) is 4.54. The van der Waals surface area contributed by atoms with Crippen molar-refractivity contribution in [2.45, 2.75) is 63.2 Å². The molecule has 1 aliphatic heterocycles. The number of amides is 1. The molecule has 1 aromatic heterocycles. The quantitative estimate of drug-likeness (QED) is 0.900. The molecule has 3 nitrogen and oxygen atoms in total. The first-order valence-electron chi connectivity index (χ1n) is 7.36. The van der Waals surface area contributed by atoms with E-state index < -0.39 is 0 Å². The third kappa shape index (κ3) is 1.77. The monoisotopic (exact) mass is 276 g/mol. The van der Waals surface area contributed by atoms with Crippen LogP contribution in [0.3, 0.4) is 0 Å². The molecule has 2 saturated carbocycles. The Labute approximate surface area is 118 Å². The summed E-state index contributed by atoms with van der Waals surface area (Å²) in [5.41, 5.74) is -0.189. The summed E-state index contributed by atoms with van der Waals surface area (Å²) in [6, 6.07) is 4.82. The molecule has 2 heterocycles. The molecule has 1 amide bonds. The van der Waals surface area contributed by atoms with E-state index in [4.69, 9.17) is 0 Å². The van der Waals surface area contributed by atoms with Crippen molar-refractivity contribution in [3.8, 4) is 0 Å². The zero-order chi connectivity index (χ0) is 13.0. The van der Waals surface area contributed by atoms with Gasteiger partial charge in [0.2, 0.25) is 5.91 Å². The highest BCUT2D eigenvalue weighted by Crippen LogP contribution is 2.49. The number of rotatable bonds is 2. The van der Waals surface area contributed by atoms with E-state index in [0.29, 0.717) is 11.9 Å². The molecular weight excluding hydrogens is 256 g/mol. The number of nitrogens with zero attached hydrogens (tertiary/aromatic N) is 1. The third-order valence-corrected chi connectivity index (χ3v) is 5.89. The van der Waals surface area contributed by atoms with Crippen LogP contribution < -0.4 is 5.32 Å². The Morgan fingerprint density at radius 2 is 2.05 bits per heavy atom. The Morgan fingerprint density at radius 3 is 2.63 bits per heavy atom. The topological polar surface area (TPSA) is 32.3 Å². The molecule has 3 fully saturated rings. The van der Waals surface area contributed by atoms with Gasteiger partial charge in [0.15, 0.2) is 0 Å². The first-order chi connectivity index (χ1) is 9.20. The van der Waals surface area contributed by atoms with Crippen LogP contribution in [0.1, 0.15) is 54.4 Å². The molecule has 0 aromatic carbocycles. The van der Waals surface area contributed by atoms with Crippen molar-refractivity contribution in [2.24, 2.45) is 0 Å². The van der Waals surface area contributed by atoms with Gasteiger partial charge < -0.3 is 4.90 Å². The molecule has 19 heavy (non-hydrogen) atoms. The lowest BCUT2D eigenvalue weighted by Crippen LogP contribution is -2.38. The Hall–Kier alpha value is -0.870. The number of hydrogen-bond donors (Lipinski definition) is 1. The zero-order valence-corrected chi connectivity index (χ0v) is 12.1. The molecule has 0 bridgehead atoms. The Morgan fingerprint density at radius 1 is 1.32 bits per heavy atom. The lowest BCUT2D eigenvalue weighted by Gasteiger charge is -2.29. The average molecular weight is 276 g/mol. The van der Waals surface area contributed by atoms with Crippen molar-refractivity contribution in [1.82, 2.24) is 10.2 Å². The highest BCUT2D eigenvalue weighted by atomic mass is 32.1. The number of thiophene rings is 1. The highest BCUT2D eigenvalue weighted by Gasteiger charge is 2.60. The minimum atomic E-state index is -0.189. The summed E-state index contributed by atoms with van der Waals surface area (Å²) in [5.74, 6) is 0.371. The van der Waals surface area contributed by atoms with Crippen LogP contribution in [0.2, 0.25) is 0 Å². The largest absolute Gasteiger partial charge is 0.317 e. The maximum Gasteiger partial charge on any atom is 0.244 e. The van der Waals surface area contributed by atoms with Crippen LogP contribution in [0.25, 0.3) is 0 Å². The predicted octanol–water partition coefficient (Wildman–Crippen LogP) is 2.96. The van der Waals surface area contributed by atoms with E-state index in [-0.39, 0.29) is 11.7 Å². The fourth-order valence-electron chi connectivity index (χ4n) is 3.61. The summed E-state index contributed by atoms with van der Waals surface area (Å²) in [4.78, 5) is 17.6. The number of carbonyl (C=O) groups is 1. The van der Waals surface area contributed by atoms with E-state index in [9.17, 15) is 4.79 Å². The summed E-state index contributed by atoms with van der Waals surface area (Å²) in [5, 5.41) is 3.63. The van der Waals surface area contributed by atoms with Crippen LogP contribution in [0.5, 0.6) is 0 Å². The number of nitrogens with one attached hydrogen (secondary N) is 1. The second kappa shape index (κ2) is 4.06. The van der Waals surface area contributed by atoms with Crippen LogP contribution >= 0.6 is 11.3 Å². The van der Waals surface area contributed by atoms with E-state index in [0.717, 1.165) is 12.8 Å². The summed E-state index contributed by atoms with van der Waals surface area (Å²) in [6.07, 6.45) is 7.10. The van der Waals surface area contributed by atoms with Gasteiger partial charge in [0.05, 0.1) is 0 Å². The van der Waals surface area contributed by atoms with Crippen molar-refractivity contribution in [3.63, 3.8) is 0 Å². The lowest BCUT2D eigenvalue weighted by molar-refractivity contribution is -0.133. The third-order valence-electron chi connectivity index (χ3n) is 4.83. The number of carbonyl (C=O) groups excluding carboxylic acids is 1. The molecule has 102 valence electrons. The van der Waals surface area contributed by atoms with Gasteiger partial charge in [-0.2, -0.15) is 0 Å². The summed E-state index contributed by atoms with van der Waals surface area (Å²) in [7, 11) is 0. The van der Waals surface area contributed by atoms with Gasteiger partial charge in [0.25, 0.3) is 0 Å². The molecule has 0 radical (unpaired) electrons. The highest BCUT2D eigenvalue weighted by molar-refractivity contribution is 7.12. The Kier molecular flexibility index (Phi) is 2.55. The summed E-state index contributed by atoms with van der Waals surface area (Å²) >= 11 is 1.82. The predicted molar refractivity (Wildman–Crippen MR) is 76.0 cm³/mol. The van der Waals surface area contributed by atoms with Crippen LogP contribution in [-0.4, -0.2) is 22.4 Å². The first kappa shape index (κ1) is 11.9. The second-order valence-electron chi connectivity index (χ2n) is 6.23. The van der Waals surface area contributed by atoms with Gasteiger partial charge in [-0.15, -0.1) is 11.3 Å². The molecule has 1 atom stereocenters. The van der Waals surface area contributed by atoms with E-state index in [1.54, 1.807) is 0 Å². The van der Waals surface area contributed by atoms with Crippen molar-refractivity contribution in [3.05, 3.63) is 21.9 Å². The first-order valence-corrected chi connectivity index (χ1v) is 8.18. The van der Waals surface area contributed by atoms with Gasteiger partial charge in [-0.05, 0) is 44.7 Å². The molecule has 4 heteroatoms. The van der Waals surface area contributed by atoms with Crippen molar-refractivity contribution in [1.29, 1.82) is 0 Å². The van der Waals surface area contributed by atoms with Crippen LogP contribution in [0.4, 0.5) is 0 Å². The van der Waals surface area contributed by atoms with Gasteiger partial charge in [0, 0.05) is 15.8 Å². The zero-order valence-electron chi connectivity index (χ0n) is 11.3. The molecule has 4 rings (SSSR count). The van der Waals surface area contributed by atoms with Crippen molar-refractivity contribution >= 4 is 17.2 Å². The molecule has 1 saturated heterocycles. The van der Waals surface area contributed by atoms with Crippen molar-refractivity contribution in [2.75, 3.05) is 0 Å². The molecule has 3 aliphatic rings. The van der Waals surface area contributed by atoms with Crippen molar-refractivity contribution < 1.29 is 4.79 Å². The molecular formula is C15H20N2OS. The Bertz CT molecular complexity index is 514. The summed E-state index contributed by atoms with van der Waals surface area (Å²) < 4.78 is 0. The fraction of sp³-hybridized carbons (Fsp3) is 0.667. The van der Waals surface area contributed by atoms with E-state index in [1.165, 1.54) is 35.4 Å². The SMILES string of the molecule is Cc1ccc(C2NC3(CC3)C(=O)N2C2CCCC2)s1. The van der Waals surface area contributed by atoms with E-state index in [1.807, 2.05) is 11.3 Å². The standard InChI is InChI=1S/C15H20N2OS/c1-10-6-7-12(19-10)13-16-15(8-9-15)14(18)17(13)11-4-2-3-5-11/h6-7,11,13,16H,2-5,8-9H2,1H3. The van der Waals surface area contributed by atoms with Crippen LogP contribution in [0, 0.1) is 6.92 Å². The maximum absolute atomic E-state index is 12.7. The molecule has 1 spiro atoms. The van der Waals surface area contributed by atoms with Gasteiger partial charge in [-0.3, -0.25) is 10.1 Å². The second-order valence-corrected chi connectivity index (χ2v) is 7.55. The number of aryl methyl sites for hydroxylation is 1. The summed E-state index contributed by atoms with van der Waals surface area (Å²) in [6.45, 7) is 2.14. The lowest BCUT2D eigenvalue weighted by atomic mass is 10.2. The maximum atomic E-state index is 12.7. The minimum absolute atomic E-state index is 0.136. The van der Waals surface area contributed by atoms with Crippen LogP contribution in [-0.2, 0) is 4.79 Å². The van der Waals surface area contributed by atoms with Gasteiger partial charge in [0.1, 0.15) is 11.7 Å². The van der Waals surface area contributed by atoms with Gasteiger partial charge in [-0.25, -0.2) is 0 Å². The van der Waals surface area contributed by atoms with Gasteiger partial charge >= 0.3 is 0 Å². The average Bonchev–Trinajstić information content (AvgIpc) is 2.78. The van der Waals surface area contributed by atoms with Crippen LogP contribution in [0.15, 0.2) is 12.1 Å². The van der Waals surface area contributed by atoms with Gasteiger partial charge in [-0.1, -0.05) is 12.8 Å². The van der Waals surface area contributed by atoms with E-state index >= 15 is 0 Å². The molecule has 1 N–H and O–H groups in total. The normalized spacial score (nSPS) is 29.6. The number of hydrogen-bond acceptors (Lipinski definition) is 3. The smallest absolute Gasteiger partial charge is 0.244 e. The minimum Gasteiger partial charge on any atom is -0.317 e. The molecule has 1 unspecified atom stereocenters. The van der Waals surface area contributed by atoms with E-state index in [2.05, 4.69) is 29.3 Å².